The lowest BCUT2D eigenvalue weighted by molar-refractivity contribution is -0.138. The molecule has 3 heterocycles. The molecule has 0 N–H and O–H groups in total. The van der Waals surface area contributed by atoms with E-state index in [9.17, 15) is 14.4 Å². The SMILES string of the molecule is CC(C)C[C@H](C(=O)N1CCc2cc3c(cc2[C@H]1C)OCCCO3)N1C(=O)c2ccccc2C1=O. The summed E-state index contributed by atoms with van der Waals surface area (Å²) in [4.78, 5) is 43.3. The van der Waals surface area contributed by atoms with Crippen LogP contribution in [0.4, 0.5) is 0 Å². The zero-order valence-electron chi connectivity index (χ0n) is 19.9. The van der Waals surface area contributed by atoms with Crippen molar-refractivity contribution in [3.05, 3.63) is 58.7 Å². The van der Waals surface area contributed by atoms with Gasteiger partial charge in [0.05, 0.1) is 30.4 Å². The zero-order valence-corrected chi connectivity index (χ0v) is 19.9. The van der Waals surface area contributed by atoms with E-state index in [-0.39, 0.29) is 29.7 Å². The van der Waals surface area contributed by atoms with Crippen LogP contribution in [0.2, 0.25) is 0 Å². The molecule has 3 amide bonds. The van der Waals surface area contributed by atoms with Crippen LogP contribution in [0.1, 0.15) is 71.5 Å². The van der Waals surface area contributed by atoms with E-state index >= 15 is 0 Å². The molecule has 0 aromatic heterocycles. The molecule has 0 aliphatic carbocycles. The van der Waals surface area contributed by atoms with Crippen molar-refractivity contribution >= 4 is 17.7 Å². The summed E-state index contributed by atoms with van der Waals surface area (Å²) >= 11 is 0. The van der Waals surface area contributed by atoms with E-state index in [1.165, 1.54) is 4.90 Å². The third-order valence-corrected chi connectivity index (χ3v) is 6.95. The minimum absolute atomic E-state index is 0.131. The van der Waals surface area contributed by atoms with Crippen molar-refractivity contribution in [3.63, 3.8) is 0 Å². The van der Waals surface area contributed by atoms with Gasteiger partial charge in [-0.05, 0) is 61.1 Å². The fourth-order valence-electron chi connectivity index (χ4n) is 5.22. The summed E-state index contributed by atoms with van der Waals surface area (Å²) in [5.41, 5.74) is 2.90. The second-order valence-electron chi connectivity index (χ2n) is 9.68. The summed E-state index contributed by atoms with van der Waals surface area (Å²) < 4.78 is 11.7. The van der Waals surface area contributed by atoms with Gasteiger partial charge in [0, 0.05) is 13.0 Å². The maximum absolute atomic E-state index is 14.0. The fraction of sp³-hybridized carbons (Fsp3) is 0.444. The van der Waals surface area contributed by atoms with Crippen molar-refractivity contribution in [1.29, 1.82) is 0 Å². The van der Waals surface area contributed by atoms with E-state index in [1.54, 1.807) is 24.3 Å². The normalized spacial score (nSPS) is 20.2. The maximum atomic E-state index is 14.0. The van der Waals surface area contributed by atoms with Crippen molar-refractivity contribution in [3.8, 4) is 11.5 Å². The number of carbonyl (C=O) groups excluding carboxylic acids is 3. The Kier molecular flexibility index (Phi) is 5.80. The molecule has 2 atom stereocenters. The average molecular weight is 463 g/mol. The Hall–Kier alpha value is -3.35. The molecule has 5 rings (SSSR count). The molecule has 7 heteroatoms. The molecular formula is C27H30N2O5. The monoisotopic (exact) mass is 462 g/mol. The lowest BCUT2D eigenvalue weighted by Gasteiger charge is -2.39. The van der Waals surface area contributed by atoms with Gasteiger partial charge in [-0.25, -0.2) is 0 Å². The second kappa shape index (κ2) is 8.78. The van der Waals surface area contributed by atoms with Crippen LogP contribution in [0.3, 0.4) is 0 Å². The highest BCUT2D eigenvalue weighted by atomic mass is 16.5. The zero-order chi connectivity index (χ0) is 24.0. The standard InChI is InChI=1S/C27H30N2O5/c1-16(2)13-22(29-25(30)19-7-4-5-8-20(19)26(29)31)27(32)28-10-9-18-14-23-24(15-21(18)17(28)3)34-12-6-11-33-23/h4-5,7-8,14-17,22H,6,9-13H2,1-3H3/t17-,22-/m1/s1. The molecule has 178 valence electrons. The molecule has 0 unspecified atom stereocenters. The number of imide groups is 1. The van der Waals surface area contributed by atoms with Crippen LogP contribution >= 0.6 is 0 Å². The molecule has 7 nitrogen and oxygen atoms in total. The van der Waals surface area contributed by atoms with E-state index in [1.807, 2.05) is 37.8 Å². The van der Waals surface area contributed by atoms with Gasteiger partial charge in [0.2, 0.25) is 5.91 Å². The molecule has 3 aliphatic heterocycles. The largest absolute Gasteiger partial charge is 0.490 e. The first kappa shape index (κ1) is 22.4. The topological polar surface area (TPSA) is 76.2 Å². The summed E-state index contributed by atoms with van der Waals surface area (Å²) in [7, 11) is 0. The second-order valence-corrected chi connectivity index (χ2v) is 9.68. The third kappa shape index (κ3) is 3.73. The maximum Gasteiger partial charge on any atom is 0.262 e. The molecule has 0 radical (unpaired) electrons. The quantitative estimate of drug-likeness (QED) is 0.642. The van der Waals surface area contributed by atoms with Crippen LogP contribution in [0.15, 0.2) is 36.4 Å². The third-order valence-electron chi connectivity index (χ3n) is 6.95. The Morgan fingerprint density at radius 2 is 1.65 bits per heavy atom. The van der Waals surface area contributed by atoms with Crippen LogP contribution in [0, 0.1) is 5.92 Å². The number of amides is 3. The van der Waals surface area contributed by atoms with Crippen molar-refractivity contribution in [2.24, 2.45) is 5.92 Å². The van der Waals surface area contributed by atoms with Crippen LogP contribution in [-0.2, 0) is 11.2 Å². The molecule has 34 heavy (non-hydrogen) atoms. The van der Waals surface area contributed by atoms with Crippen LogP contribution < -0.4 is 9.47 Å². The number of hydrogen-bond acceptors (Lipinski definition) is 5. The highest BCUT2D eigenvalue weighted by Gasteiger charge is 2.45. The Balaban J connectivity index is 1.46. The summed E-state index contributed by atoms with van der Waals surface area (Å²) in [6.07, 6.45) is 1.93. The van der Waals surface area contributed by atoms with Gasteiger partial charge in [0.1, 0.15) is 6.04 Å². The van der Waals surface area contributed by atoms with Gasteiger partial charge in [0.15, 0.2) is 11.5 Å². The van der Waals surface area contributed by atoms with Gasteiger partial charge in [-0.3, -0.25) is 19.3 Å². The molecule has 0 bridgehead atoms. The van der Waals surface area contributed by atoms with Gasteiger partial charge < -0.3 is 14.4 Å². The van der Waals surface area contributed by atoms with Crippen molar-refractivity contribution in [1.82, 2.24) is 9.80 Å². The Morgan fingerprint density at radius 3 is 2.26 bits per heavy atom. The number of ether oxygens (including phenoxy) is 2. The fourth-order valence-corrected chi connectivity index (χ4v) is 5.22. The van der Waals surface area contributed by atoms with E-state index < -0.39 is 6.04 Å². The summed E-state index contributed by atoms with van der Waals surface area (Å²) in [5, 5.41) is 0. The van der Waals surface area contributed by atoms with E-state index in [0.29, 0.717) is 49.5 Å². The van der Waals surface area contributed by atoms with Crippen molar-refractivity contribution in [2.75, 3.05) is 19.8 Å². The van der Waals surface area contributed by atoms with Gasteiger partial charge in [-0.1, -0.05) is 26.0 Å². The number of benzene rings is 2. The minimum Gasteiger partial charge on any atom is -0.490 e. The lowest BCUT2D eigenvalue weighted by Crippen LogP contribution is -2.53. The number of nitrogens with zero attached hydrogens (tertiary/aromatic N) is 2. The Morgan fingerprint density at radius 1 is 1.03 bits per heavy atom. The van der Waals surface area contributed by atoms with Gasteiger partial charge >= 0.3 is 0 Å². The lowest BCUT2D eigenvalue weighted by atomic mass is 9.91. The number of fused-ring (bicyclic) bond motifs is 3. The Bertz CT molecular complexity index is 1120. The summed E-state index contributed by atoms with van der Waals surface area (Å²) in [6, 6.07) is 9.76. The van der Waals surface area contributed by atoms with Crippen molar-refractivity contribution in [2.45, 2.75) is 52.1 Å². The average Bonchev–Trinajstić information content (AvgIpc) is 2.96. The minimum atomic E-state index is -0.836. The van der Waals surface area contributed by atoms with Crippen LogP contribution in [0.25, 0.3) is 0 Å². The molecule has 2 aromatic carbocycles. The molecule has 0 saturated carbocycles. The molecule has 0 fully saturated rings. The van der Waals surface area contributed by atoms with Crippen LogP contribution in [-0.4, -0.2) is 53.3 Å². The summed E-state index contributed by atoms with van der Waals surface area (Å²) in [6.45, 7) is 7.74. The van der Waals surface area contributed by atoms with E-state index in [4.69, 9.17) is 9.47 Å². The molecule has 3 aliphatic rings. The van der Waals surface area contributed by atoms with Gasteiger partial charge in [0.25, 0.3) is 11.8 Å². The highest BCUT2D eigenvalue weighted by Crippen LogP contribution is 2.40. The molecule has 2 aromatic rings. The number of carbonyl (C=O) groups is 3. The first-order valence-corrected chi connectivity index (χ1v) is 12.1. The smallest absolute Gasteiger partial charge is 0.262 e. The molecule has 0 spiro atoms. The van der Waals surface area contributed by atoms with Crippen LogP contribution in [0.5, 0.6) is 11.5 Å². The first-order valence-electron chi connectivity index (χ1n) is 12.1. The Labute approximate surface area is 199 Å². The van der Waals surface area contributed by atoms with E-state index in [2.05, 4.69) is 0 Å². The summed E-state index contributed by atoms with van der Waals surface area (Å²) in [5.74, 6) is 0.630. The first-order chi connectivity index (χ1) is 16.4. The predicted molar refractivity (Wildman–Crippen MR) is 126 cm³/mol. The number of hydrogen-bond donors (Lipinski definition) is 0. The van der Waals surface area contributed by atoms with Crippen molar-refractivity contribution < 1.29 is 23.9 Å². The predicted octanol–water partition coefficient (Wildman–Crippen LogP) is 4.00. The van der Waals surface area contributed by atoms with Gasteiger partial charge in [-0.15, -0.1) is 0 Å². The van der Waals surface area contributed by atoms with Gasteiger partial charge in [-0.2, -0.15) is 0 Å². The van der Waals surface area contributed by atoms with E-state index in [0.717, 1.165) is 23.3 Å². The highest BCUT2D eigenvalue weighted by molar-refractivity contribution is 6.22. The molecular weight excluding hydrogens is 432 g/mol. The molecule has 0 saturated heterocycles. The number of rotatable bonds is 4.